The molecule has 7 heteroatoms. The van der Waals surface area contributed by atoms with Crippen molar-refractivity contribution in [1.82, 2.24) is 8.87 Å². The molecule has 2 heterocycles. The average molecular weight is 300 g/mol. The molecular formula is C13H20N2O4S. The summed E-state index contributed by atoms with van der Waals surface area (Å²) in [5.41, 5.74) is 0.135. The first kappa shape index (κ1) is 15.1. The van der Waals surface area contributed by atoms with Gasteiger partial charge < -0.3 is 9.67 Å². The third-order valence-electron chi connectivity index (χ3n) is 3.91. The minimum atomic E-state index is -3.60. The normalized spacial score (nSPS) is 19.9. The fraction of sp³-hybridized carbons (Fsp3) is 0.615. The van der Waals surface area contributed by atoms with Gasteiger partial charge in [-0.25, -0.2) is 13.2 Å². The Bertz CT molecular complexity index is 621. The maximum atomic E-state index is 12.5. The molecule has 0 bridgehead atoms. The van der Waals surface area contributed by atoms with Crippen molar-refractivity contribution < 1.29 is 18.3 Å². The van der Waals surface area contributed by atoms with E-state index in [0.29, 0.717) is 13.1 Å². The summed E-state index contributed by atoms with van der Waals surface area (Å²) in [4.78, 5) is 11.0. The number of carbonyl (C=O) groups is 1. The van der Waals surface area contributed by atoms with Gasteiger partial charge in [-0.05, 0) is 24.3 Å². The Hall–Kier alpha value is -1.34. The van der Waals surface area contributed by atoms with Crippen LogP contribution in [0, 0.1) is 5.41 Å². The van der Waals surface area contributed by atoms with Gasteiger partial charge in [0, 0.05) is 26.3 Å². The first-order valence-electron chi connectivity index (χ1n) is 6.53. The molecule has 1 saturated heterocycles. The monoisotopic (exact) mass is 300 g/mol. The molecule has 6 nitrogen and oxygen atoms in total. The molecular weight excluding hydrogens is 280 g/mol. The number of aromatic carboxylic acids is 1. The van der Waals surface area contributed by atoms with Crippen molar-refractivity contribution >= 4 is 16.0 Å². The van der Waals surface area contributed by atoms with Crippen molar-refractivity contribution in [2.45, 2.75) is 31.6 Å². The van der Waals surface area contributed by atoms with Crippen LogP contribution in [0.3, 0.4) is 0 Å². The highest BCUT2D eigenvalue weighted by molar-refractivity contribution is 7.89. The van der Waals surface area contributed by atoms with Gasteiger partial charge in [0.1, 0.15) is 10.6 Å². The van der Waals surface area contributed by atoms with E-state index in [2.05, 4.69) is 13.8 Å². The van der Waals surface area contributed by atoms with E-state index in [9.17, 15) is 13.2 Å². The zero-order valence-electron chi connectivity index (χ0n) is 12.0. The molecule has 0 radical (unpaired) electrons. The number of rotatable bonds is 3. The predicted molar refractivity (Wildman–Crippen MR) is 74.1 cm³/mol. The van der Waals surface area contributed by atoms with E-state index >= 15 is 0 Å². The van der Waals surface area contributed by atoms with Crippen LogP contribution in [0.25, 0.3) is 0 Å². The smallest absolute Gasteiger partial charge is 0.352 e. The largest absolute Gasteiger partial charge is 0.477 e. The molecule has 112 valence electrons. The van der Waals surface area contributed by atoms with E-state index in [1.807, 2.05) is 0 Å². The third kappa shape index (κ3) is 2.73. The summed E-state index contributed by atoms with van der Waals surface area (Å²) in [6.07, 6.45) is 2.98. The predicted octanol–water partition coefficient (Wildman–Crippen LogP) is 1.53. The lowest BCUT2D eigenvalue weighted by Gasteiger charge is -2.35. The first-order chi connectivity index (χ1) is 9.13. The quantitative estimate of drug-likeness (QED) is 0.918. The van der Waals surface area contributed by atoms with E-state index in [1.54, 1.807) is 0 Å². The van der Waals surface area contributed by atoms with Crippen LogP contribution in [0.5, 0.6) is 0 Å². The summed E-state index contributed by atoms with van der Waals surface area (Å²) in [6.45, 7) is 5.21. The van der Waals surface area contributed by atoms with Crippen molar-refractivity contribution in [3.63, 3.8) is 0 Å². The van der Waals surface area contributed by atoms with Crippen LogP contribution < -0.4 is 0 Å². The van der Waals surface area contributed by atoms with E-state index in [1.165, 1.54) is 28.2 Å². The molecule has 1 fully saturated rings. The Kier molecular flexibility index (Phi) is 3.68. The molecule has 0 aliphatic carbocycles. The molecule has 0 atom stereocenters. The number of hydrogen-bond acceptors (Lipinski definition) is 3. The maximum absolute atomic E-state index is 12.5. The summed E-state index contributed by atoms with van der Waals surface area (Å²) >= 11 is 0. The molecule has 2 rings (SSSR count). The van der Waals surface area contributed by atoms with E-state index < -0.39 is 16.0 Å². The lowest BCUT2D eigenvalue weighted by molar-refractivity contribution is 0.0686. The highest BCUT2D eigenvalue weighted by Gasteiger charge is 2.33. The van der Waals surface area contributed by atoms with Crippen LogP contribution in [0.4, 0.5) is 0 Å². The summed E-state index contributed by atoms with van der Waals surface area (Å²) in [7, 11) is -2.07. The fourth-order valence-electron chi connectivity index (χ4n) is 2.37. The molecule has 0 saturated carbocycles. The number of carboxylic acids is 1. The van der Waals surface area contributed by atoms with Crippen LogP contribution in [-0.4, -0.2) is 41.5 Å². The second-order valence-corrected chi connectivity index (χ2v) is 7.98. The second-order valence-electron chi connectivity index (χ2n) is 6.05. The Morgan fingerprint density at radius 1 is 1.30 bits per heavy atom. The first-order valence-corrected chi connectivity index (χ1v) is 7.97. The summed E-state index contributed by atoms with van der Waals surface area (Å²) in [5, 5.41) is 8.99. The zero-order valence-corrected chi connectivity index (χ0v) is 12.8. The van der Waals surface area contributed by atoms with Crippen LogP contribution in [0.1, 0.15) is 37.2 Å². The van der Waals surface area contributed by atoms with Gasteiger partial charge in [0.2, 0.25) is 10.0 Å². The summed E-state index contributed by atoms with van der Waals surface area (Å²) in [6, 6.07) is 1.22. The lowest BCUT2D eigenvalue weighted by atomic mass is 9.83. The Morgan fingerprint density at radius 2 is 1.85 bits per heavy atom. The molecule has 0 unspecified atom stereocenters. The molecule has 20 heavy (non-hydrogen) atoms. The lowest BCUT2D eigenvalue weighted by Crippen LogP contribution is -2.40. The topological polar surface area (TPSA) is 79.6 Å². The minimum absolute atomic E-state index is 0.0269. The van der Waals surface area contributed by atoms with E-state index in [0.717, 1.165) is 12.8 Å². The number of piperidine rings is 1. The van der Waals surface area contributed by atoms with Gasteiger partial charge >= 0.3 is 5.97 Å². The molecule has 0 spiro atoms. The molecule has 0 amide bonds. The van der Waals surface area contributed by atoms with Crippen molar-refractivity contribution in [3.05, 3.63) is 18.0 Å². The van der Waals surface area contributed by atoms with Crippen LogP contribution in [-0.2, 0) is 17.1 Å². The van der Waals surface area contributed by atoms with Crippen molar-refractivity contribution in [3.8, 4) is 0 Å². The zero-order chi connectivity index (χ0) is 15.1. The standard InChI is InChI=1S/C13H20N2O4S/c1-13(2)4-6-15(7-5-13)20(18,19)10-8-11(12(16)17)14(3)9-10/h8-9H,4-7H2,1-3H3,(H,16,17). The third-order valence-corrected chi connectivity index (χ3v) is 5.78. The van der Waals surface area contributed by atoms with Gasteiger partial charge in [0.25, 0.3) is 0 Å². The van der Waals surface area contributed by atoms with Gasteiger partial charge in [-0.3, -0.25) is 0 Å². The second kappa shape index (κ2) is 4.89. The maximum Gasteiger partial charge on any atom is 0.352 e. The summed E-state index contributed by atoms with van der Waals surface area (Å²) in [5.74, 6) is -1.13. The van der Waals surface area contributed by atoms with Gasteiger partial charge in [0.15, 0.2) is 0 Å². The highest BCUT2D eigenvalue weighted by Crippen LogP contribution is 2.32. The highest BCUT2D eigenvalue weighted by atomic mass is 32.2. The SMILES string of the molecule is Cn1cc(S(=O)(=O)N2CCC(C)(C)CC2)cc1C(=O)O. The minimum Gasteiger partial charge on any atom is -0.477 e. The number of hydrogen-bond donors (Lipinski definition) is 1. The number of sulfonamides is 1. The molecule has 1 aromatic heterocycles. The Labute approximate surface area is 119 Å². The Morgan fingerprint density at radius 3 is 2.30 bits per heavy atom. The van der Waals surface area contributed by atoms with Gasteiger partial charge in [-0.15, -0.1) is 0 Å². The van der Waals surface area contributed by atoms with Gasteiger partial charge in [-0.2, -0.15) is 4.31 Å². The average Bonchev–Trinajstić information content (AvgIpc) is 2.71. The van der Waals surface area contributed by atoms with Crippen LogP contribution in [0.2, 0.25) is 0 Å². The van der Waals surface area contributed by atoms with Crippen molar-refractivity contribution in [2.75, 3.05) is 13.1 Å². The summed E-state index contributed by atoms with van der Waals surface area (Å²) < 4.78 is 27.8. The number of aryl methyl sites for hydroxylation is 1. The van der Waals surface area contributed by atoms with Crippen LogP contribution >= 0.6 is 0 Å². The molecule has 1 aliphatic heterocycles. The van der Waals surface area contributed by atoms with Crippen LogP contribution in [0.15, 0.2) is 17.2 Å². The van der Waals surface area contributed by atoms with Crippen molar-refractivity contribution in [1.29, 1.82) is 0 Å². The molecule has 1 aromatic rings. The molecule has 1 N–H and O–H groups in total. The fourth-order valence-corrected chi connectivity index (χ4v) is 3.88. The molecule has 0 aromatic carbocycles. The Balaban J connectivity index is 2.27. The number of nitrogens with zero attached hydrogens (tertiary/aromatic N) is 2. The van der Waals surface area contributed by atoms with Crippen molar-refractivity contribution in [2.24, 2.45) is 12.5 Å². The molecule has 1 aliphatic rings. The van der Waals surface area contributed by atoms with E-state index in [-0.39, 0.29) is 16.0 Å². The van der Waals surface area contributed by atoms with Gasteiger partial charge in [0.05, 0.1) is 0 Å². The number of aromatic nitrogens is 1. The van der Waals surface area contributed by atoms with Gasteiger partial charge in [-0.1, -0.05) is 13.8 Å². The number of carboxylic acid groups (broad SMARTS) is 1. The van der Waals surface area contributed by atoms with E-state index in [4.69, 9.17) is 5.11 Å².